The van der Waals surface area contributed by atoms with Gasteiger partial charge in [0, 0.05) is 55.2 Å². The lowest BCUT2D eigenvalue weighted by Gasteiger charge is -2.35. The molecular formula is C23H23FN4O3S2. The number of halogens is 1. The molecule has 1 amide bonds. The molecule has 0 atom stereocenters. The fourth-order valence-electron chi connectivity index (χ4n) is 4.10. The van der Waals surface area contributed by atoms with Gasteiger partial charge in [-0.15, -0.1) is 15.7 Å². The van der Waals surface area contributed by atoms with Crippen molar-refractivity contribution >= 4 is 33.1 Å². The summed E-state index contributed by atoms with van der Waals surface area (Å²) in [6.07, 6.45) is 4.93. The van der Waals surface area contributed by atoms with Crippen LogP contribution >= 0.6 is 11.3 Å². The molecule has 1 fully saturated rings. The number of rotatable bonds is 4. The van der Waals surface area contributed by atoms with E-state index in [1.54, 1.807) is 46.7 Å². The minimum absolute atomic E-state index is 0.0510. The number of nitrogens with zero attached hydrogens (tertiary/aromatic N) is 4. The largest absolute Gasteiger partial charge is 0.336 e. The number of fused-ring (bicyclic) bond motifs is 1. The predicted octanol–water partition coefficient (Wildman–Crippen LogP) is 2.70. The van der Waals surface area contributed by atoms with Gasteiger partial charge in [0.15, 0.2) is 0 Å². The topological polar surface area (TPSA) is 73.3 Å². The van der Waals surface area contributed by atoms with E-state index in [1.165, 1.54) is 10.9 Å². The summed E-state index contributed by atoms with van der Waals surface area (Å²) in [5.41, 5.74) is 1.43. The lowest BCUT2D eigenvalue weighted by atomic mass is 10.1. The van der Waals surface area contributed by atoms with E-state index in [9.17, 15) is 17.6 Å². The zero-order valence-electron chi connectivity index (χ0n) is 17.9. The Balaban J connectivity index is 1.17. The molecule has 3 aliphatic heterocycles. The van der Waals surface area contributed by atoms with Gasteiger partial charge in [-0.2, -0.15) is 0 Å². The van der Waals surface area contributed by atoms with Gasteiger partial charge in [-0.05, 0) is 42.0 Å². The normalized spacial score (nSPS) is 20.3. The van der Waals surface area contributed by atoms with Gasteiger partial charge >= 0.3 is 0 Å². The lowest BCUT2D eigenvalue weighted by molar-refractivity contribution is -0.128. The molecule has 1 saturated heterocycles. The molecule has 0 aliphatic carbocycles. The number of carbonyl (C=O) groups excluding carboxylic acids is 1. The first-order valence-corrected chi connectivity index (χ1v) is 13.1. The van der Waals surface area contributed by atoms with E-state index in [0.717, 1.165) is 30.1 Å². The first-order valence-electron chi connectivity index (χ1n) is 10.7. The molecule has 3 aliphatic rings. The summed E-state index contributed by atoms with van der Waals surface area (Å²) < 4.78 is 40.6. The second-order valence-electron chi connectivity index (χ2n) is 8.19. The van der Waals surface area contributed by atoms with Crippen molar-refractivity contribution < 1.29 is 17.6 Å². The number of carbonyl (C=O) groups is 1. The zero-order chi connectivity index (χ0) is 23.0. The molecular weight excluding hydrogens is 463 g/mol. The third kappa shape index (κ3) is 4.92. The van der Waals surface area contributed by atoms with Crippen LogP contribution in [0, 0.1) is 5.82 Å². The van der Waals surface area contributed by atoms with Crippen molar-refractivity contribution in [2.45, 2.75) is 6.54 Å². The maximum absolute atomic E-state index is 13.5. The number of benzene rings is 1. The quantitative estimate of drug-likeness (QED) is 0.665. The van der Waals surface area contributed by atoms with Crippen LogP contribution in [-0.2, 0) is 21.4 Å². The summed E-state index contributed by atoms with van der Waals surface area (Å²) in [5.74, 6) is 0.0176. The van der Waals surface area contributed by atoms with Gasteiger partial charge in [-0.3, -0.25) is 9.69 Å². The van der Waals surface area contributed by atoms with Crippen LogP contribution in [0.2, 0.25) is 0 Å². The summed E-state index contributed by atoms with van der Waals surface area (Å²) in [4.78, 5) is 21.1. The van der Waals surface area contributed by atoms with Crippen molar-refractivity contribution in [1.29, 1.82) is 0 Å². The van der Waals surface area contributed by atoms with E-state index in [4.69, 9.17) is 0 Å². The van der Waals surface area contributed by atoms with Gasteiger partial charge in [0.05, 0.1) is 11.3 Å². The second kappa shape index (κ2) is 8.85. The molecule has 1 aromatic heterocycles. The van der Waals surface area contributed by atoms with Crippen LogP contribution in [0.5, 0.6) is 0 Å². The van der Waals surface area contributed by atoms with Crippen LogP contribution in [0.15, 0.2) is 64.7 Å². The van der Waals surface area contributed by atoms with Crippen LogP contribution in [-0.4, -0.2) is 73.3 Å². The summed E-state index contributed by atoms with van der Waals surface area (Å²) >= 11 is 1.66. The fourth-order valence-corrected chi connectivity index (χ4v) is 6.12. The summed E-state index contributed by atoms with van der Waals surface area (Å²) in [7, 11) is -3.41. The number of hydrogen-bond donors (Lipinski definition) is 0. The number of hydrogen-bond acceptors (Lipinski definition) is 6. The van der Waals surface area contributed by atoms with Crippen molar-refractivity contribution in [2.75, 3.05) is 38.5 Å². The Kier molecular flexibility index (Phi) is 5.90. The smallest absolute Gasteiger partial charge is 0.256 e. The molecule has 1 aromatic carbocycles. The van der Waals surface area contributed by atoms with Crippen LogP contribution in [0.1, 0.15) is 4.88 Å². The number of amides is 1. The van der Waals surface area contributed by atoms with Crippen molar-refractivity contribution in [2.24, 2.45) is 4.40 Å². The van der Waals surface area contributed by atoms with Crippen molar-refractivity contribution in [3.8, 4) is 10.4 Å². The third-order valence-corrected chi connectivity index (χ3v) is 8.16. The summed E-state index contributed by atoms with van der Waals surface area (Å²) in [5, 5.41) is 0. The van der Waals surface area contributed by atoms with Gasteiger partial charge in [0.2, 0.25) is 0 Å². The average molecular weight is 487 g/mol. The Morgan fingerprint density at radius 2 is 1.88 bits per heavy atom. The van der Waals surface area contributed by atoms with E-state index in [-0.39, 0.29) is 17.5 Å². The van der Waals surface area contributed by atoms with Gasteiger partial charge in [-0.25, -0.2) is 12.8 Å². The second-order valence-corrected chi connectivity index (χ2v) is 11.1. The Morgan fingerprint density at radius 1 is 1.06 bits per heavy atom. The highest BCUT2D eigenvalue weighted by Gasteiger charge is 2.28. The predicted molar refractivity (Wildman–Crippen MR) is 127 cm³/mol. The van der Waals surface area contributed by atoms with Gasteiger partial charge in [-0.1, -0.05) is 12.1 Å². The number of amidine groups is 1. The molecule has 0 N–H and O–H groups in total. The molecule has 10 heteroatoms. The maximum atomic E-state index is 13.5. The molecule has 0 saturated carbocycles. The van der Waals surface area contributed by atoms with Crippen LogP contribution < -0.4 is 0 Å². The van der Waals surface area contributed by atoms with Crippen molar-refractivity contribution in [1.82, 2.24) is 14.7 Å². The zero-order valence-corrected chi connectivity index (χ0v) is 19.5. The SMILES string of the molecule is O=C(C1=CN2CCS(=O)(=O)N=C2C=C1)N1CCN(Cc2ccc(-c3cccc(F)c3)s2)CC1. The molecule has 7 nitrogen and oxygen atoms in total. The molecule has 33 heavy (non-hydrogen) atoms. The van der Waals surface area contributed by atoms with Crippen LogP contribution in [0.25, 0.3) is 10.4 Å². The van der Waals surface area contributed by atoms with E-state index >= 15 is 0 Å². The highest BCUT2D eigenvalue weighted by molar-refractivity contribution is 7.90. The highest BCUT2D eigenvalue weighted by atomic mass is 32.2. The first-order chi connectivity index (χ1) is 15.9. The van der Waals surface area contributed by atoms with Crippen LogP contribution in [0.3, 0.4) is 0 Å². The average Bonchev–Trinajstić information content (AvgIpc) is 3.27. The van der Waals surface area contributed by atoms with E-state index in [0.29, 0.717) is 31.0 Å². The molecule has 0 spiro atoms. The summed E-state index contributed by atoms with van der Waals surface area (Å²) in [6.45, 7) is 3.89. The van der Waals surface area contributed by atoms with Crippen molar-refractivity contribution in [3.05, 3.63) is 71.0 Å². The van der Waals surface area contributed by atoms with E-state index < -0.39 is 10.0 Å². The van der Waals surface area contributed by atoms with E-state index in [1.807, 2.05) is 17.0 Å². The van der Waals surface area contributed by atoms with Crippen LogP contribution in [0.4, 0.5) is 4.39 Å². The summed E-state index contributed by atoms with van der Waals surface area (Å²) in [6, 6.07) is 10.7. The fraction of sp³-hybridized carbons (Fsp3) is 0.304. The Labute approximate surface area is 196 Å². The van der Waals surface area contributed by atoms with Gasteiger partial charge < -0.3 is 9.80 Å². The Morgan fingerprint density at radius 3 is 2.67 bits per heavy atom. The van der Waals surface area contributed by atoms with E-state index in [2.05, 4.69) is 15.4 Å². The lowest BCUT2D eigenvalue weighted by Crippen LogP contribution is -2.49. The Hall–Kier alpha value is -2.82. The Bertz CT molecular complexity index is 1270. The van der Waals surface area contributed by atoms with Crippen molar-refractivity contribution in [3.63, 3.8) is 0 Å². The number of piperazine rings is 1. The number of sulfonamides is 1. The molecule has 0 radical (unpaired) electrons. The monoisotopic (exact) mass is 486 g/mol. The molecule has 4 heterocycles. The molecule has 0 unspecified atom stereocenters. The minimum Gasteiger partial charge on any atom is -0.336 e. The van der Waals surface area contributed by atoms with Gasteiger partial charge in [0.1, 0.15) is 11.7 Å². The molecule has 0 bridgehead atoms. The molecule has 2 aromatic rings. The first kappa shape index (κ1) is 22.0. The van der Waals surface area contributed by atoms with Gasteiger partial charge in [0.25, 0.3) is 15.9 Å². The maximum Gasteiger partial charge on any atom is 0.256 e. The standard InChI is InChI=1S/C23H23FN4O3S2/c24-19-3-1-2-17(14-19)21-6-5-20(32-21)16-26-8-10-27(11-9-26)23(29)18-4-7-22-25-33(30,31)13-12-28(22)15-18/h1-7,14-15H,8-13,16H2. The number of thiophene rings is 1. The minimum atomic E-state index is -3.41. The molecule has 5 rings (SSSR count). The molecule has 172 valence electrons. The highest BCUT2D eigenvalue weighted by Crippen LogP contribution is 2.29. The third-order valence-electron chi connectivity index (χ3n) is 5.88.